The number of phenols is 1. The molecule has 2 N–H and O–H groups in total. The fraction of sp³-hybridized carbons (Fsp3) is 0.0714. The zero-order valence-corrected chi connectivity index (χ0v) is 11.5. The van der Waals surface area contributed by atoms with Gasteiger partial charge >= 0.3 is 0 Å². The molecule has 2 aromatic carbocycles. The van der Waals surface area contributed by atoms with Crippen LogP contribution in [0.15, 0.2) is 41.9 Å². The number of halogens is 1. The summed E-state index contributed by atoms with van der Waals surface area (Å²) in [7, 11) is 0. The van der Waals surface area contributed by atoms with Crippen molar-refractivity contribution in [1.29, 1.82) is 0 Å². The molecule has 0 unspecified atom stereocenters. The van der Waals surface area contributed by atoms with Gasteiger partial charge in [-0.25, -0.2) is 4.98 Å². The van der Waals surface area contributed by atoms with Crippen molar-refractivity contribution in [1.82, 2.24) is 4.98 Å². The molecule has 0 atom stereocenters. The molecule has 3 nitrogen and oxygen atoms in total. The van der Waals surface area contributed by atoms with Gasteiger partial charge in [-0.15, -0.1) is 11.3 Å². The van der Waals surface area contributed by atoms with Crippen molar-refractivity contribution in [2.45, 2.75) is 6.54 Å². The smallest absolute Gasteiger partial charge is 0.115 e. The van der Waals surface area contributed by atoms with Gasteiger partial charge in [-0.3, -0.25) is 0 Å². The number of nitrogens with zero attached hydrogens (tertiary/aromatic N) is 1. The summed E-state index contributed by atoms with van der Waals surface area (Å²) in [6.45, 7) is 0.588. The Morgan fingerprint density at radius 1 is 1.26 bits per heavy atom. The van der Waals surface area contributed by atoms with Gasteiger partial charge in [-0.1, -0.05) is 23.7 Å². The van der Waals surface area contributed by atoms with E-state index in [1.807, 2.05) is 24.3 Å². The van der Waals surface area contributed by atoms with Crippen LogP contribution >= 0.6 is 22.9 Å². The maximum Gasteiger partial charge on any atom is 0.115 e. The Hall–Kier alpha value is -1.78. The van der Waals surface area contributed by atoms with Crippen LogP contribution in [-0.2, 0) is 6.54 Å². The molecule has 0 saturated carbocycles. The third kappa shape index (κ3) is 2.50. The van der Waals surface area contributed by atoms with Crippen molar-refractivity contribution < 1.29 is 5.11 Å². The summed E-state index contributed by atoms with van der Waals surface area (Å²) in [6.07, 6.45) is 0. The van der Waals surface area contributed by atoms with Gasteiger partial charge in [0, 0.05) is 6.54 Å². The van der Waals surface area contributed by atoms with Crippen molar-refractivity contribution in [3.05, 3.63) is 52.5 Å². The maximum atomic E-state index is 9.44. The lowest BCUT2D eigenvalue weighted by molar-refractivity contribution is 0.474. The predicted octanol–water partition coefficient (Wildman–Crippen LogP) is 4.27. The number of rotatable bonds is 3. The number of nitrogens with one attached hydrogen (secondary N) is 1. The molecule has 0 aliphatic carbocycles. The Morgan fingerprint density at radius 3 is 3.00 bits per heavy atom. The largest absolute Gasteiger partial charge is 0.508 e. The molecular weight excluding hydrogens is 280 g/mol. The van der Waals surface area contributed by atoms with Gasteiger partial charge in [0.1, 0.15) is 11.3 Å². The lowest BCUT2D eigenvalue weighted by atomic mass is 10.2. The van der Waals surface area contributed by atoms with Gasteiger partial charge in [-0.2, -0.15) is 0 Å². The standard InChI is InChI=1S/C14H11ClN2OS/c15-11-4-5-12-14(17-8-19-12)13(11)16-7-9-2-1-3-10(18)6-9/h1-6,8,16,18H,7H2. The molecule has 0 saturated heterocycles. The number of phenolic OH excluding ortho intramolecular Hbond substituents is 1. The topological polar surface area (TPSA) is 45.1 Å². The summed E-state index contributed by atoms with van der Waals surface area (Å²) < 4.78 is 1.10. The Bertz CT molecular complexity index is 726. The third-order valence-electron chi connectivity index (χ3n) is 2.83. The number of anilines is 1. The zero-order chi connectivity index (χ0) is 13.2. The number of benzene rings is 2. The van der Waals surface area contributed by atoms with Crippen LogP contribution < -0.4 is 5.32 Å². The first-order chi connectivity index (χ1) is 9.24. The highest BCUT2D eigenvalue weighted by Gasteiger charge is 2.08. The van der Waals surface area contributed by atoms with Gasteiger partial charge in [0.15, 0.2) is 0 Å². The van der Waals surface area contributed by atoms with E-state index in [1.165, 1.54) is 0 Å². The molecular formula is C14H11ClN2OS. The molecule has 0 aliphatic heterocycles. The van der Waals surface area contributed by atoms with Crippen LogP contribution in [0, 0.1) is 0 Å². The molecule has 96 valence electrons. The number of aromatic hydroxyl groups is 1. The third-order valence-corrected chi connectivity index (χ3v) is 3.94. The average molecular weight is 291 g/mol. The molecule has 3 rings (SSSR count). The van der Waals surface area contributed by atoms with E-state index >= 15 is 0 Å². The van der Waals surface area contributed by atoms with Crippen LogP contribution in [0.4, 0.5) is 5.69 Å². The Kier molecular flexibility index (Phi) is 3.27. The second kappa shape index (κ2) is 5.07. The lowest BCUT2D eigenvalue weighted by Crippen LogP contribution is -2.00. The van der Waals surface area contributed by atoms with Crippen LogP contribution in [0.2, 0.25) is 5.02 Å². The molecule has 0 amide bonds. The Morgan fingerprint density at radius 2 is 2.16 bits per heavy atom. The summed E-state index contributed by atoms with van der Waals surface area (Å²) in [5, 5.41) is 13.4. The zero-order valence-electron chi connectivity index (χ0n) is 9.93. The fourth-order valence-corrected chi connectivity index (χ4v) is 2.84. The monoisotopic (exact) mass is 290 g/mol. The highest BCUT2D eigenvalue weighted by atomic mass is 35.5. The summed E-state index contributed by atoms with van der Waals surface area (Å²) in [5.41, 5.74) is 4.52. The van der Waals surface area contributed by atoms with E-state index in [-0.39, 0.29) is 5.75 Å². The fourth-order valence-electron chi connectivity index (χ4n) is 1.93. The minimum absolute atomic E-state index is 0.261. The second-order valence-corrected chi connectivity index (χ2v) is 5.44. The van der Waals surface area contributed by atoms with Crippen molar-refractivity contribution in [3.63, 3.8) is 0 Å². The first kappa shape index (κ1) is 12.3. The maximum absolute atomic E-state index is 9.44. The number of fused-ring (bicyclic) bond motifs is 1. The number of hydrogen-bond donors (Lipinski definition) is 2. The molecule has 1 aromatic heterocycles. The molecule has 0 spiro atoms. The second-order valence-electron chi connectivity index (χ2n) is 4.14. The van der Waals surface area contributed by atoms with Gasteiger partial charge < -0.3 is 10.4 Å². The number of thiazole rings is 1. The van der Waals surface area contributed by atoms with Crippen LogP contribution in [0.5, 0.6) is 5.75 Å². The van der Waals surface area contributed by atoms with Crippen LogP contribution in [0.1, 0.15) is 5.56 Å². The van der Waals surface area contributed by atoms with Gasteiger partial charge in [0.05, 0.1) is 20.9 Å². The molecule has 5 heteroatoms. The van der Waals surface area contributed by atoms with E-state index in [4.69, 9.17) is 11.6 Å². The summed E-state index contributed by atoms with van der Waals surface area (Å²) >= 11 is 7.79. The Labute approximate surface area is 119 Å². The van der Waals surface area contributed by atoms with Crippen molar-refractivity contribution in [2.75, 3.05) is 5.32 Å². The molecule has 0 fully saturated rings. The molecule has 0 aliphatic rings. The van der Waals surface area contributed by atoms with Gasteiger partial charge in [-0.05, 0) is 29.8 Å². The van der Waals surface area contributed by atoms with Crippen LogP contribution in [-0.4, -0.2) is 10.1 Å². The lowest BCUT2D eigenvalue weighted by Gasteiger charge is -2.09. The van der Waals surface area contributed by atoms with E-state index in [9.17, 15) is 5.11 Å². The van der Waals surface area contributed by atoms with E-state index in [2.05, 4.69) is 10.3 Å². The quantitative estimate of drug-likeness (QED) is 0.757. The van der Waals surface area contributed by atoms with Crippen molar-refractivity contribution in [2.24, 2.45) is 0 Å². The molecule has 0 radical (unpaired) electrons. The minimum atomic E-state index is 0.261. The van der Waals surface area contributed by atoms with Crippen LogP contribution in [0.25, 0.3) is 10.2 Å². The highest BCUT2D eigenvalue weighted by molar-refractivity contribution is 7.16. The summed E-state index contributed by atoms with van der Waals surface area (Å²) in [4.78, 5) is 4.33. The van der Waals surface area contributed by atoms with Gasteiger partial charge in [0.25, 0.3) is 0 Å². The molecule has 0 bridgehead atoms. The number of aromatic nitrogens is 1. The normalized spacial score (nSPS) is 10.8. The SMILES string of the molecule is Oc1cccc(CNc2c(Cl)ccc3scnc23)c1. The van der Waals surface area contributed by atoms with E-state index in [1.54, 1.807) is 29.0 Å². The van der Waals surface area contributed by atoms with E-state index in [0.29, 0.717) is 11.6 Å². The van der Waals surface area contributed by atoms with Crippen LogP contribution in [0.3, 0.4) is 0 Å². The van der Waals surface area contributed by atoms with Crippen molar-refractivity contribution >= 4 is 38.8 Å². The summed E-state index contributed by atoms with van der Waals surface area (Å²) in [6, 6.07) is 11.0. The first-order valence-corrected chi connectivity index (χ1v) is 7.03. The molecule has 19 heavy (non-hydrogen) atoms. The summed E-state index contributed by atoms with van der Waals surface area (Å²) in [5.74, 6) is 0.261. The Balaban J connectivity index is 1.89. The van der Waals surface area contributed by atoms with Crippen molar-refractivity contribution in [3.8, 4) is 5.75 Å². The average Bonchev–Trinajstić information content (AvgIpc) is 2.86. The number of hydrogen-bond acceptors (Lipinski definition) is 4. The van der Waals surface area contributed by atoms with E-state index < -0.39 is 0 Å². The first-order valence-electron chi connectivity index (χ1n) is 5.77. The highest BCUT2D eigenvalue weighted by Crippen LogP contribution is 2.32. The van der Waals surface area contributed by atoms with E-state index in [0.717, 1.165) is 21.5 Å². The van der Waals surface area contributed by atoms with Gasteiger partial charge in [0.2, 0.25) is 0 Å². The molecule has 1 heterocycles. The predicted molar refractivity (Wildman–Crippen MR) is 80.1 cm³/mol. The minimum Gasteiger partial charge on any atom is -0.508 e. The molecule has 3 aromatic rings.